The third kappa shape index (κ3) is 2.76. The summed E-state index contributed by atoms with van der Waals surface area (Å²) < 4.78 is 5.22. The van der Waals surface area contributed by atoms with Crippen molar-refractivity contribution in [1.82, 2.24) is 10.2 Å². The number of rotatable bonds is 4. The number of nitrogens with one attached hydrogen (secondary N) is 2. The fourth-order valence-electron chi connectivity index (χ4n) is 3.00. The van der Waals surface area contributed by atoms with Crippen LogP contribution in [0.2, 0.25) is 0 Å². The first-order valence-electron chi connectivity index (χ1n) is 7.40. The lowest BCUT2D eigenvalue weighted by atomic mass is 9.87. The Bertz CT molecular complexity index is 1040. The van der Waals surface area contributed by atoms with Gasteiger partial charge < -0.3 is 14.6 Å². The van der Waals surface area contributed by atoms with Crippen molar-refractivity contribution < 1.29 is 14.3 Å². The van der Waals surface area contributed by atoms with Gasteiger partial charge in [-0.2, -0.15) is 0 Å². The van der Waals surface area contributed by atoms with Crippen LogP contribution in [-0.4, -0.2) is 21.3 Å². The number of aryl methyl sites for hydroxylation is 2. The van der Waals surface area contributed by atoms with Gasteiger partial charge in [-0.15, -0.1) is 0 Å². The Labute approximate surface area is 135 Å². The van der Waals surface area contributed by atoms with Crippen LogP contribution in [0.15, 0.2) is 38.3 Å². The summed E-state index contributed by atoms with van der Waals surface area (Å²) in [6, 6.07) is 6.59. The predicted octanol–water partition coefficient (Wildman–Crippen LogP) is 2.03. The highest BCUT2D eigenvalue weighted by Crippen LogP contribution is 2.32. The Hall–Kier alpha value is -3.09. The fraction of sp³-hybridized carbons (Fsp3) is 0.235. The molecule has 0 aliphatic carbocycles. The Morgan fingerprint density at radius 2 is 1.96 bits per heavy atom. The quantitative estimate of drug-likeness (QED) is 0.634. The van der Waals surface area contributed by atoms with Crippen LogP contribution in [-0.2, 0) is 4.79 Å². The maximum atomic E-state index is 12.1. The molecule has 124 valence electrons. The summed E-state index contributed by atoms with van der Waals surface area (Å²) in [6.07, 6.45) is -0.311. The van der Waals surface area contributed by atoms with E-state index in [2.05, 4.69) is 10.2 Å². The molecule has 0 radical (unpaired) electrons. The molecule has 0 bridgehead atoms. The molecule has 3 N–H and O–H groups in total. The van der Waals surface area contributed by atoms with Gasteiger partial charge in [-0.1, -0.05) is 12.1 Å². The van der Waals surface area contributed by atoms with E-state index in [1.807, 2.05) is 13.0 Å². The second-order valence-corrected chi connectivity index (χ2v) is 5.79. The van der Waals surface area contributed by atoms with Gasteiger partial charge in [0.2, 0.25) is 0 Å². The maximum absolute atomic E-state index is 12.1. The van der Waals surface area contributed by atoms with Crippen LogP contribution in [0.3, 0.4) is 0 Å². The molecule has 7 nitrogen and oxygen atoms in total. The van der Waals surface area contributed by atoms with E-state index in [0.717, 1.165) is 5.56 Å². The molecule has 1 atom stereocenters. The molecule has 1 unspecified atom stereocenters. The molecule has 24 heavy (non-hydrogen) atoms. The number of hydrogen-bond acceptors (Lipinski definition) is 4. The van der Waals surface area contributed by atoms with Crippen LogP contribution in [0.5, 0.6) is 0 Å². The van der Waals surface area contributed by atoms with Gasteiger partial charge >= 0.3 is 11.6 Å². The molecule has 0 spiro atoms. The summed E-state index contributed by atoms with van der Waals surface area (Å²) >= 11 is 0. The Morgan fingerprint density at radius 1 is 1.21 bits per heavy atom. The van der Waals surface area contributed by atoms with Crippen molar-refractivity contribution in [1.29, 1.82) is 0 Å². The first kappa shape index (κ1) is 15.8. The Kier molecular flexibility index (Phi) is 3.84. The van der Waals surface area contributed by atoms with E-state index in [1.54, 1.807) is 19.1 Å². The van der Waals surface area contributed by atoms with Crippen LogP contribution in [0.25, 0.3) is 11.0 Å². The molecular weight excluding hydrogens is 312 g/mol. The minimum Gasteiger partial charge on any atom is -0.481 e. The molecule has 0 saturated heterocycles. The number of aromatic amines is 2. The van der Waals surface area contributed by atoms with E-state index in [1.165, 1.54) is 6.07 Å². The lowest BCUT2D eigenvalue weighted by molar-refractivity contribution is -0.137. The monoisotopic (exact) mass is 328 g/mol. The van der Waals surface area contributed by atoms with Crippen molar-refractivity contribution >= 4 is 16.9 Å². The van der Waals surface area contributed by atoms with E-state index in [4.69, 9.17) is 4.42 Å². The molecule has 0 aliphatic heterocycles. The largest absolute Gasteiger partial charge is 0.481 e. The molecule has 3 aromatic rings. The standard InChI is InChI=1S/C17H16N2O5/c1-8-3-4-10-11(7-15(22)24-13(10)5-8)12(6-14(20)21)16-9(2)18-19-17(16)23/h3-5,7,12H,6H2,1-2H3,(H,20,21)(H2,18,19,23). The van der Waals surface area contributed by atoms with Crippen molar-refractivity contribution in [3.63, 3.8) is 0 Å². The molecular formula is C17H16N2O5. The normalized spacial score (nSPS) is 12.4. The molecule has 0 aliphatic rings. The van der Waals surface area contributed by atoms with E-state index in [9.17, 15) is 19.5 Å². The van der Waals surface area contributed by atoms with Gasteiger partial charge in [-0.25, -0.2) is 4.79 Å². The first-order chi connectivity index (χ1) is 11.4. The lowest BCUT2D eigenvalue weighted by Crippen LogP contribution is -2.18. The van der Waals surface area contributed by atoms with Crippen molar-refractivity contribution in [2.75, 3.05) is 0 Å². The molecule has 3 rings (SSSR count). The average Bonchev–Trinajstić information content (AvgIpc) is 2.82. The van der Waals surface area contributed by atoms with Gasteiger partial charge in [0.05, 0.1) is 6.42 Å². The molecule has 0 fully saturated rings. The second-order valence-electron chi connectivity index (χ2n) is 5.79. The van der Waals surface area contributed by atoms with Crippen LogP contribution in [0.4, 0.5) is 0 Å². The summed E-state index contributed by atoms with van der Waals surface area (Å²) in [6.45, 7) is 3.54. The van der Waals surface area contributed by atoms with Gasteiger partial charge in [0.1, 0.15) is 5.58 Å². The summed E-state index contributed by atoms with van der Waals surface area (Å²) in [5, 5.41) is 15.1. The SMILES string of the molecule is Cc1ccc2c(C(CC(=O)O)c3c(C)[nH][nH]c3=O)cc(=O)oc2c1. The summed E-state index contributed by atoms with van der Waals surface area (Å²) in [5.41, 5.74) is 1.63. The predicted molar refractivity (Wildman–Crippen MR) is 87.5 cm³/mol. The zero-order valence-electron chi connectivity index (χ0n) is 13.2. The Balaban J connectivity index is 2.33. The van der Waals surface area contributed by atoms with Crippen LogP contribution in [0, 0.1) is 13.8 Å². The number of aliphatic carboxylic acids is 1. The van der Waals surface area contributed by atoms with Crippen molar-refractivity contribution in [3.05, 3.63) is 67.4 Å². The van der Waals surface area contributed by atoms with Gasteiger partial charge in [-0.05, 0) is 31.0 Å². The minimum atomic E-state index is -1.06. The summed E-state index contributed by atoms with van der Waals surface area (Å²) in [4.78, 5) is 35.4. The van der Waals surface area contributed by atoms with Gasteiger partial charge in [0.15, 0.2) is 0 Å². The number of fused-ring (bicyclic) bond motifs is 1. The number of aromatic nitrogens is 2. The van der Waals surface area contributed by atoms with Crippen molar-refractivity contribution in [2.24, 2.45) is 0 Å². The summed E-state index contributed by atoms with van der Waals surface area (Å²) in [5.74, 6) is -1.82. The van der Waals surface area contributed by atoms with Crippen LogP contribution < -0.4 is 11.2 Å². The average molecular weight is 328 g/mol. The molecule has 2 heterocycles. The van der Waals surface area contributed by atoms with Gasteiger partial charge in [-0.3, -0.25) is 14.7 Å². The molecule has 0 saturated carbocycles. The molecule has 2 aromatic heterocycles. The molecule has 7 heteroatoms. The molecule has 0 amide bonds. The number of carboxylic acid groups (broad SMARTS) is 1. The maximum Gasteiger partial charge on any atom is 0.336 e. The van der Waals surface area contributed by atoms with Gasteiger partial charge in [0, 0.05) is 28.6 Å². The molecule has 1 aromatic carbocycles. The smallest absolute Gasteiger partial charge is 0.336 e. The topological polar surface area (TPSA) is 116 Å². The lowest BCUT2D eigenvalue weighted by Gasteiger charge is -2.16. The zero-order valence-corrected chi connectivity index (χ0v) is 13.2. The van der Waals surface area contributed by atoms with Crippen LogP contribution in [0.1, 0.15) is 34.7 Å². The van der Waals surface area contributed by atoms with E-state index < -0.39 is 23.1 Å². The number of carboxylic acids is 1. The van der Waals surface area contributed by atoms with E-state index in [0.29, 0.717) is 27.8 Å². The number of H-pyrrole nitrogens is 2. The van der Waals surface area contributed by atoms with Crippen molar-refractivity contribution in [2.45, 2.75) is 26.2 Å². The Morgan fingerprint density at radius 3 is 2.58 bits per heavy atom. The third-order valence-electron chi connectivity index (χ3n) is 4.05. The highest BCUT2D eigenvalue weighted by atomic mass is 16.4. The highest BCUT2D eigenvalue weighted by Gasteiger charge is 2.26. The number of carbonyl (C=O) groups is 1. The van der Waals surface area contributed by atoms with Crippen LogP contribution >= 0.6 is 0 Å². The number of hydrogen-bond donors (Lipinski definition) is 3. The fourth-order valence-corrected chi connectivity index (χ4v) is 3.00. The van der Waals surface area contributed by atoms with E-state index in [-0.39, 0.29) is 6.42 Å². The van der Waals surface area contributed by atoms with E-state index >= 15 is 0 Å². The van der Waals surface area contributed by atoms with Gasteiger partial charge in [0.25, 0.3) is 5.56 Å². The minimum absolute atomic E-state index is 0.310. The number of benzene rings is 1. The third-order valence-corrected chi connectivity index (χ3v) is 4.05. The highest BCUT2D eigenvalue weighted by molar-refractivity contribution is 5.83. The van der Waals surface area contributed by atoms with Crippen molar-refractivity contribution in [3.8, 4) is 0 Å². The summed E-state index contributed by atoms with van der Waals surface area (Å²) in [7, 11) is 0. The first-order valence-corrected chi connectivity index (χ1v) is 7.40. The second kappa shape index (κ2) is 5.84. The zero-order chi connectivity index (χ0) is 17.4.